The van der Waals surface area contributed by atoms with E-state index < -0.39 is 6.09 Å². The van der Waals surface area contributed by atoms with Crippen LogP contribution in [-0.2, 0) is 0 Å². The fraction of sp³-hybridized carbons (Fsp3) is 0. The summed E-state index contributed by atoms with van der Waals surface area (Å²) in [5.74, 6) is 0.283. The molecule has 0 aliphatic heterocycles. The third kappa shape index (κ3) is 2.58. The van der Waals surface area contributed by atoms with E-state index in [1.165, 1.54) is 0 Å². The van der Waals surface area contributed by atoms with Crippen molar-refractivity contribution in [2.45, 2.75) is 0 Å². The molecule has 3 rings (SSSR count). The van der Waals surface area contributed by atoms with Gasteiger partial charge >= 0.3 is 6.09 Å². The summed E-state index contributed by atoms with van der Waals surface area (Å²) in [6.07, 6.45) is 0.463. The molecule has 0 atom stereocenters. The number of carboxylic acid groups (broad SMARTS) is 1. The number of amides is 1. The molecular formula is C17H11N3O2. The molecule has 0 fully saturated rings. The maximum atomic E-state index is 10.6. The lowest BCUT2D eigenvalue weighted by Gasteiger charge is -2.07. The van der Waals surface area contributed by atoms with E-state index in [4.69, 9.17) is 5.11 Å². The van der Waals surface area contributed by atoms with Gasteiger partial charge in [-0.05, 0) is 34.7 Å². The Morgan fingerprint density at radius 1 is 1.14 bits per heavy atom. The Labute approximate surface area is 126 Å². The van der Waals surface area contributed by atoms with Gasteiger partial charge in [0.1, 0.15) is 5.82 Å². The number of fused-ring (bicyclic) bond motifs is 1. The van der Waals surface area contributed by atoms with E-state index >= 15 is 0 Å². The number of carbonyl (C=O) groups is 1. The molecule has 0 saturated carbocycles. The van der Waals surface area contributed by atoms with Crippen LogP contribution in [0.5, 0.6) is 0 Å². The standard InChI is InChI=1S/C17H11N3O2/c18-9-13-3-1-2-4-15(13)12-6-5-11-8-16(20-17(21)22)19-10-14(11)7-12/h1-8,10H,(H,19,20)(H,21,22). The Morgan fingerprint density at radius 3 is 2.73 bits per heavy atom. The van der Waals surface area contributed by atoms with Crippen molar-refractivity contribution in [3.05, 3.63) is 60.3 Å². The first kappa shape index (κ1) is 13.6. The Hall–Kier alpha value is -3.39. The van der Waals surface area contributed by atoms with E-state index in [-0.39, 0.29) is 5.82 Å². The van der Waals surface area contributed by atoms with Gasteiger partial charge in [0.25, 0.3) is 0 Å². The van der Waals surface area contributed by atoms with E-state index in [9.17, 15) is 10.1 Å². The van der Waals surface area contributed by atoms with E-state index in [1.54, 1.807) is 18.3 Å². The lowest BCUT2D eigenvalue weighted by atomic mass is 9.98. The molecule has 0 radical (unpaired) electrons. The van der Waals surface area contributed by atoms with Crippen LogP contribution < -0.4 is 5.32 Å². The number of benzene rings is 2. The zero-order chi connectivity index (χ0) is 15.5. The number of hydrogen-bond donors (Lipinski definition) is 2. The fourth-order valence-electron chi connectivity index (χ4n) is 2.32. The first-order chi connectivity index (χ1) is 10.7. The molecule has 106 valence electrons. The van der Waals surface area contributed by atoms with E-state index in [0.717, 1.165) is 21.9 Å². The lowest BCUT2D eigenvalue weighted by molar-refractivity contribution is 0.209. The molecule has 0 aliphatic carbocycles. The Balaban J connectivity index is 2.07. The smallest absolute Gasteiger partial charge is 0.410 e. The van der Waals surface area contributed by atoms with Gasteiger partial charge in [-0.15, -0.1) is 0 Å². The first-order valence-electron chi connectivity index (χ1n) is 6.56. The number of aromatic nitrogens is 1. The molecule has 3 aromatic rings. The largest absolute Gasteiger partial charge is 0.465 e. The number of nitrogens with one attached hydrogen (secondary N) is 1. The second-order valence-corrected chi connectivity index (χ2v) is 4.72. The van der Waals surface area contributed by atoms with Gasteiger partial charge < -0.3 is 5.11 Å². The molecule has 5 nitrogen and oxygen atoms in total. The van der Waals surface area contributed by atoms with Crippen LogP contribution in [0.15, 0.2) is 54.7 Å². The minimum atomic E-state index is -1.15. The van der Waals surface area contributed by atoms with Crippen molar-refractivity contribution >= 4 is 22.7 Å². The average molecular weight is 289 g/mol. The molecule has 1 amide bonds. The maximum absolute atomic E-state index is 10.6. The minimum absolute atomic E-state index is 0.283. The van der Waals surface area contributed by atoms with Crippen molar-refractivity contribution in [2.75, 3.05) is 5.32 Å². The molecule has 0 unspecified atom stereocenters. The number of rotatable bonds is 2. The third-order valence-electron chi connectivity index (χ3n) is 3.32. The number of hydrogen-bond acceptors (Lipinski definition) is 3. The quantitative estimate of drug-likeness (QED) is 0.750. The van der Waals surface area contributed by atoms with Crippen LogP contribution in [0.25, 0.3) is 21.9 Å². The second-order valence-electron chi connectivity index (χ2n) is 4.72. The summed E-state index contributed by atoms with van der Waals surface area (Å²) in [4.78, 5) is 14.7. The van der Waals surface area contributed by atoms with E-state index in [1.807, 2.05) is 36.4 Å². The van der Waals surface area contributed by atoms with Gasteiger partial charge in [-0.25, -0.2) is 9.78 Å². The highest BCUT2D eigenvalue weighted by Gasteiger charge is 2.06. The highest BCUT2D eigenvalue weighted by molar-refractivity contribution is 5.91. The van der Waals surface area contributed by atoms with Crippen LogP contribution in [0.1, 0.15) is 5.56 Å². The molecule has 2 aromatic carbocycles. The van der Waals surface area contributed by atoms with Crippen molar-refractivity contribution < 1.29 is 9.90 Å². The molecular weight excluding hydrogens is 278 g/mol. The van der Waals surface area contributed by atoms with E-state index in [0.29, 0.717) is 5.56 Å². The molecule has 1 heterocycles. The van der Waals surface area contributed by atoms with E-state index in [2.05, 4.69) is 16.4 Å². The number of anilines is 1. The van der Waals surface area contributed by atoms with Crippen molar-refractivity contribution in [1.29, 1.82) is 5.26 Å². The molecule has 22 heavy (non-hydrogen) atoms. The van der Waals surface area contributed by atoms with Crippen molar-refractivity contribution in [3.63, 3.8) is 0 Å². The predicted octanol–water partition coefficient (Wildman–Crippen LogP) is 3.86. The van der Waals surface area contributed by atoms with Gasteiger partial charge in [-0.1, -0.05) is 30.3 Å². The number of pyridine rings is 1. The topological polar surface area (TPSA) is 86.0 Å². The third-order valence-corrected chi connectivity index (χ3v) is 3.32. The van der Waals surface area contributed by atoms with Crippen LogP contribution in [0.4, 0.5) is 10.6 Å². The van der Waals surface area contributed by atoms with Gasteiger partial charge in [0.15, 0.2) is 0 Å². The number of nitriles is 1. The summed E-state index contributed by atoms with van der Waals surface area (Å²) >= 11 is 0. The van der Waals surface area contributed by atoms with Gasteiger partial charge in [0.05, 0.1) is 11.6 Å². The van der Waals surface area contributed by atoms with Gasteiger partial charge in [0.2, 0.25) is 0 Å². The van der Waals surface area contributed by atoms with Gasteiger partial charge in [0, 0.05) is 11.6 Å². The Kier molecular flexibility index (Phi) is 3.42. The first-order valence-corrected chi connectivity index (χ1v) is 6.56. The summed E-state index contributed by atoms with van der Waals surface area (Å²) in [5.41, 5.74) is 2.39. The van der Waals surface area contributed by atoms with Crippen LogP contribution >= 0.6 is 0 Å². The summed E-state index contributed by atoms with van der Waals surface area (Å²) < 4.78 is 0. The maximum Gasteiger partial charge on any atom is 0.410 e. The SMILES string of the molecule is N#Cc1ccccc1-c1ccc2cc(NC(=O)O)ncc2c1. The zero-order valence-corrected chi connectivity index (χ0v) is 11.4. The van der Waals surface area contributed by atoms with Crippen molar-refractivity contribution in [3.8, 4) is 17.2 Å². The number of nitrogens with zero attached hydrogens (tertiary/aromatic N) is 2. The normalized spacial score (nSPS) is 10.1. The predicted molar refractivity (Wildman–Crippen MR) is 83.5 cm³/mol. The second kappa shape index (κ2) is 5.54. The van der Waals surface area contributed by atoms with Crippen LogP contribution in [-0.4, -0.2) is 16.2 Å². The molecule has 1 aromatic heterocycles. The van der Waals surface area contributed by atoms with Crippen LogP contribution in [0.2, 0.25) is 0 Å². The van der Waals surface area contributed by atoms with Crippen molar-refractivity contribution in [1.82, 2.24) is 4.98 Å². The Bertz CT molecular complexity index is 913. The average Bonchev–Trinajstić information content (AvgIpc) is 2.53. The Morgan fingerprint density at radius 2 is 1.95 bits per heavy atom. The summed E-state index contributed by atoms with van der Waals surface area (Å²) in [7, 11) is 0. The molecule has 5 heteroatoms. The highest BCUT2D eigenvalue weighted by Crippen LogP contribution is 2.27. The van der Waals surface area contributed by atoms with Gasteiger partial charge in [-0.3, -0.25) is 5.32 Å². The zero-order valence-electron chi connectivity index (χ0n) is 11.4. The summed E-state index contributed by atoms with van der Waals surface area (Å²) in [6, 6.07) is 17.0. The molecule has 0 spiro atoms. The molecule has 2 N–H and O–H groups in total. The van der Waals surface area contributed by atoms with Crippen LogP contribution in [0.3, 0.4) is 0 Å². The molecule has 0 saturated heterocycles. The summed E-state index contributed by atoms with van der Waals surface area (Å²) in [6.45, 7) is 0. The highest BCUT2D eigenvalue weighted by atomic mass is 16.4. The van der Waals surface area contributed by atoms with Crippen LogP contribution in [0, 0.1) is 11.3 Å². The molecule has 0 aliphatic rings. The molecule has 0 bridgehead atoms. The monoisotopic (exact) mass is 289 g/mol. The fourth-order valence-corrected chi connectivity index (χ4v) is 2.32. The summed E-state index contributed by atoms with van der Waals surface area (Å²) in [5, 5.41) is 21.9. The minimum Gasteiger partial charge on any atom is -0.465 e. The van der Waals surface area contributed by atoms with Crippen molar-refractivity contribution in [2.24, 2.45) is 0 Å². The lowest BCUT2D eigenvalue weighted by Crippen LogP contribution is -2.08. The van der Waals surface area contributed by atoms with Gasteiger partial charge in [-0.2, -0.15) is 5.26 Å².